The molecule has 0 radical (unpaired) electrons. The molecular weight excluding hydrogens is 721 g/mol. The lowest BCUT2D eigenvalue weighted by molar-refractivity contribution is -0.167. The second-order valence-electron chi connectivity index (χ2n) is 18.3. The fourth-order valence-corrected chi connectivity index (χ4v) is 7.86. The molecule has 0 aliphatic heterocycles. The minimum atomic E-state index is -0.760. The molecular formula is C52H100O6. The van der Waals surface area contributed by atoms with E-state index in [1.54, 1.807) is 0 Å². The van der Waals surface area contributed by atoms with Crippen LogP contribution in [0.15, 0.2) is 0 Å². The van der Waals surface area contributed by atoms with Crippen LogP contribution >= 0.6 is 0 Å². The molecule has 0 spiro atoms. The Kier molecular flexibility index (Phi) is 45.2. The van der Waals surface area contributed by atoms with Gasteiger partial charge in [0, 0.05) is 19.3 Å². The third-order valence-electron chi connectivity index (χ3n) is 11.8. The van der Waals surface area contributed by atoms with E-state index in [1.807, 2.05) is 0 Å². The van der Waals surface area contributed by atoms with Crippen molar-refractivity contribution in [3.63, 3.8) is 0 Å². The maximum absolute atomic E-state index is 12.7. The van der Waals surface area contributed by atoms with Crippen molar-refractivity contribution in [2.24, 2.45) is 5.92 Å². The molecule has 344 valence electrons. The Labute approximate surface area is 361 Å². The van der Waals surface area contributed by atoms with Gasteiger partial charge in [0.25, 0.3) is 0 Å². The Hall–Kier alpha value is -1.59. The molecule has 0 aliphatic rings. The summed E-state index contributed by atoms with van der Waals surface area (Å²) in [6.45, 7) is 9.03. The van der Waals surface area contributed by atoms with Gasteiger partial charge in [-0.2, -0.15) is 0 Å². The van der Waals surface area contributed by atoms with Crippen LogP contribution in [-0.4, -0.2) is 37.2 Å². The molecule has 0 N–H and O–H groups in total. The highest BCUT2D eigenvalue weighted by Crippen LogP contribution is 2.17. The Morgan fingerprint density at radius 2 is 0.569 bits per heavy atom. The van der Waals surface area contributed by atoms with Crippen LogP contribution in [0, 0.1) is 5.92 Å². The molecule has 0 aromatic heterocycles. The zero-order chi connectivity index (χ0) is 42.4. The van der Waals surface area contributed by atoms with Gasteiger partial charge in [-0.1, -0.05) is 252 Å². The second kappa shape index (κ2) is 46.5. The third kappa shape index (κ3) is 45.5. The highest BCUT2D eigenvalue weighted by atomic mass is 16.6. The molecule has 6 heteroatoms. The van der Waals surface area contributed by atoms with Crippen molar-refractivity contribution in [3.05, 3.63) is 0 Å². The molecule has 0 bridgehead atoms. The van der Waals surface area contributed by atoms with Crippen molar-refractivity contribution in [2.75, 3.05) is 13.2 Å². The van der Waals surface area contributed by atoms with Gasteiger partial charge >= 0.3 is 17.9 Å². The molecule has 0 amide bonds. The average Bonchev–Trinajstić information content (AvgIpc) is 3.21. The normalized spacial score (nSPS) is 11.9. The van der Waals surface area contributed by atoms with Crippen LogP contribution in [0.25, 0.3) is 0 Å². The molecule has 0 saturated heterocycles. The van der Waals surface area contributed by atoms with E-state index in [1.165, 1.54) is 186 Å². The molecule has 0 aromatic rings. The van der Waals surface area contributed by atoms with Crippen LogP contribution in [-0.2, 0) is 28.6 Å². The summed E-state index contributed by atoms with van der Waals surface area (Å²) >= 11 is 0. The first-order valence-electron chi connectivity index (χ1n) is 25.9. The SMILES string of the molecule is CCCCCCCCCCCCCCCC(=O)OC[C@H](COC(=O)CCCCCCCCCCCCCCCC(C)C)OC(=O)CCCCCCCCCCCCC. The van der Waals surface area contributed by atoms with Gasteiger partial charge in [0.1, 0.15) is 13.2 Å². The average molecular weight is 821 g/mol. The standard InChI is InChI=1S/C52H100O6/c1-5-7-9-11-13-15-17-19-24-27-31-35-39-43-50(53)56-46-49(58-52(55)45-41-37-33-29-22-16-14-12-10-8-6-2)47-57-51(54)44-40-36-32-28-25-21-18-20-23-26-30-34-38-42-48(3)4/h48-49H,5-47H2,1-4H3/t49-/m1/s1. The Balaban J connectivity index is 4.28. The number of esters is 3. The van der Waals surface area contributed by atoms with E-state index in [9.17, 15) is 14.4 Å². The Bertz CT molecular complexity index is 872. The lowest BCUT2D eigenvalue weighted by atomic mass is 10.0. The molecule has 1 atom stereocenters. The predicted octanol–water partition coefficient (Wildman–Crippen LogP) is 16.7. The zero-order valence-corrected chi connectivity index (χ0v) is 39.5. The molecule has 0 rings (SSSR count). The fourth-order valence-electron chi connectivity index (χ4n) is 7.86. The van der Waals surface area contributed by atoms with Gasteiger partial charge in [0.15, 0.2) is 6.10 Å². The summed E-state index contributed by atoms with van der Waals surface area (Å²) < 4.78 is 16.8. The monoisotopic (exact) mass is 821 g/mol. The van der Waals surface area contributed by atoms with Crippen LogP contribution in [0.3, 0.4) is 0 Å². The molecule has 0 heterocycles. The summed E-state index contributed by atoms with van der Waals surface area (Å²) in [5, 5.41) is 0. The third-order valence-corrected chi connectivity index (χ3v) is 11.8. The molecule has 0 aliphatic carbocycles. The highest BCUT2D eigenvalue weighted by molar-refractivity contribution is 5.71. The van der Waals surface area contributed by atoms with Gasteiger partial charge in [-0.3, -0.25) is 14.4 Å². The van der Waals surface area contributed by atoms with Crippen molar-refractivity contribution in [2.45, 2.75) is 297 Å². The van der Waals surface area contributed by atoms with Crippen molar-refractivity contribution >= 4 is 17.9 Å². The predicted molar refractivity (Wildman–Crippen MR) is 247 cm³/mol. The summed E-state index contributed by atoms with van der Waals surface area (Å²) in [5.74, 6) is -0.00469. The summed E-state index contributed by atoms with van der Waals surface area (Å²) in [7, 11) is 0. The van der Waals surface area contributed by atoms with E-state index in [0.29, 0.717) is 19.3 Å². The van der Waals surface area contributed by atoms with Crippen molar-refractivity contribution in [1.82, 2.24) is 0 Å². The molecule has 6 nitrogen and oxygen atoms in total. The van der Waals surface area contributed by atoms with E-state index < -0.39 is 6.10 Å². The lowest BCUT2D eigenvalue weighted by Crippen LogP contribution is -2.30. The first kappa shape index (κ1) is 56.4. The molecule has 0 unspecified atom stereocenters. The summed E-state index contributed by atoms with van der Waals surface area (Å²) in [6, 6.07) is 0. The largest absolute Gasteiger partial charge is 0.462 e. The summed E-state index contributed by atoms with van der Waals surface area (Å²) in [4.78, 5) is 37.9. The lowest BCUT2D eigenvalue weighted by Gasteiger charge is -2.18. The Morgan fingerprint density at radius 1 is 0.328 bits per heavy atom. The molecule has 0 fully saturated rings. The topological polar surface area (TPSA) is 78.9 Å². The van der Waals surface area contributed by atoms with Gasteiger partial charge in [-0.05, 0) is 25.2 Å². The molecule has 58 heavy (non-hydrogen) atoms. The zero-order valence-electron chi connectivity index (χ0n) is 39.5. The van der Waals surface area contributed by atoms with Crippen LogP contribution in [0.5, 0.6) is 0 Å². The van der Waals surface area contributed by atoms with Gasteiger partial charge in [-0.15, -0.1) is 0 Å². The number of carbonyl (C=O) groups is 3. The number of hydrogen-bond acceptors (Lipinski definition) is 6. The quantitative estimate of drug-likeness (QED) is 0.0346. The number of unbranched alkanes of at least 4 members (excludes halogenated alkanes) is 34. The van der Waals surface area contributed by atoms with Gasteiger partial charge < -0.3 is 14.2 Å². The van der Waals surface area contributed by atoms with Gasteiger partial charge in [0.2, 0.25) is 0 Å². The minimum absolute atomic E-state index is 0.0626. The highest BCUT2D eigenvalue weighted by Gasteiger charge is 2.19. The fraction of sp³-hybridized carbons (Fsp3) is 0.942. The summed E-state index contributed by atoms with van der Waals surface area (Å²) in [6.07, 6.45) is 48.0. The summed E-state index contributed by atoms with van der Waals surface area (Å²) in [5.41, 5.74) is 0. The van der Waals surface area contributed by atoms with Gasteiger partial charge in [-0.25, -0.2) is 0 Å². The first-order chi connectivity index (χ1) is 28.4. The van der Waals surface area contributed by atoms with Crippen LogP contribution in [0.4, 0.5) is 0 Å². The Morgan fingerprint density at radius 3 is 0.845 bits per heavy atom. The number of rotatable bonds is 47. The van der Waals surface area contributed by atoms with E-state index in [-0.39, 0.29) is 31.1 Å². The molecule has 0 saturated carbocycles. The van der Waals surface area contributed by atoms with Gasteiger partial charge in [0.05, 0.1) is 0 Å². The van der Waals surface area contributed by atoms with E-state index >= 15 is 0 Å². The van der Waals surface area contributed by atoms with Crippen molar-refractivity contribution in [1.29, 1.82) is 0 Å². The van der Waals surface area contributed by atoms with Crippen LogP contribution in [0.2, 0.25) is 0 Å². The maximum Gasteiger partial charge on any atom is 0.306 e. The number of hydrogen-bond donors (Lipinski definition) is 0. The second-order valence-corrected chi connectivity index (χ2v) is 18.3. The van der Waals surface area contributed by atoms with E-state index in [0.717, 1.165) is 63.7 Å². The van der Waals surface area contributed by atoms with Crippen molar-refractivity contribution < 1.29 is 28.6 Å². The van der Waals surface area contributed by atoms with E-state index in [2.05, 4.69) is 27.7 Å². The number of ether oxygens (including phenoxy) is 3. The molecule has 0 aromatic carbocycles. The minimum Gasteiger partial charge on any atom is -0.462 e. The number of carbonyl (C=O) groups excluding carboxylic acids is 3. The van der Waals surface area contributed by atoms with Crippen LogP contribution in [0.1, 0.15) is 291 Å². The first-order valence-corrected chi connectivity index (χ1v) is 25.9. The maximum atomic E-state index is 12.7. The van der Waals surface area contributed by atoms with Crippen LogP contribution < -0.4 is 0 Å². The van der Waals surface area contributed by atoms with E-state index in [4.69, 9.17) is 14.2 Å². The smallest absolute Gasteiger partial charge is 0.306 e. The van der Waals surface area contributed by atoms with Crippen molar-refractivity contribution in [3.8, 4) is 0 Å².